The van der Waals surface area contributed by atoms with Gasteiger partial charge >= 0.3 is 0 Å². The normalized spacial score (nSPS) is 10.7. The predicted molar refractivity (Wildman–Crippen MR) is 115 cm³/mol. The Morgan fingerprint density at radius 2 is 1.72 bits per heavy atom. The minimum atomic E-state index is -0.386. The molecule has 1 aromatic heterocycles. The molecule has 0 aliphatic rings. The number of benzene rings is 2. The number of nitrogens with zero attached hydrogens (tertiary/aromatic N) is 2. The lowest BCUT2D eigenvalue weighted by atomic mass is 9.98. The SMILES string of the molecule is CC(=O)c1cccc(NC(=O)c2ccc(Nc3c(C)cccc3C(C)C)nn2)c1. The quantitative estimate of drug-likeness (QED) is 0.574. The molecular weight excluding hydrogens is 364 g/mol. The second-order valence-electron chi connectivity index (χ2n) is 7.21. The Balaban J connectivity index is 1.75. The highest BCUT2D eigenvalue weighted by atomic mass is 16.2. The zero-order valence-electron chi connectivity index (χ0n) is 17.0. The van der Waals surface area contributed by atoms with Crippen LogP contribution in [0, 0.1) is 6.92 Å². The molecule has 3 rings (SSSR count). The number of carbonyl (C=O) groups is 2. The maximum absolute atomic E-state index is 12.4. The van der Waals surface area contributed by atoms with Gasteiger partial charge in [0.15, 0.2) is 17.3 Å². The van der Waals surface area contributed by atoms with Crippen molar-refractivity contribution in [2.75, 3.05) is 10.6 Å². The third-order valence-corrected chi connectivity index (χ3v) is 4.60. The minimum absolute atomic E-state index is 0.0618. The summed E-state index contributed by atoms with van der Waals surface area (Å²) in [7, 11) is 0. The molecule has 2 aromatic carbocycles. The monoisotopic (exact) mass is 388 g/mol. The van der Waals surface area contributed by atoms with Crippen LogP contribution in [0.5, 0.6) is 0 Å². The minimum Gasteiger partial charge on any atom is -0.338 e. The van der Waals surface area contributed by atoms with Crippen LogP contribution in [0.1, 0.15) is 58.7 Å². The van der Waals surface area contributed by atoms with E-state index >= 15 is 0 Å². The first kappa shape index (κ1) is 20.2. The third-order valence-electron chi connectivity index (χ3n) is 4.60. The van der Waals surface area contributed by atoms with E-state index in [9.17, 15) is 9.59 Å². The summed E-state index contributed by atoms with van der Waals surface area (Å²) in [5, 5.41) is 14.2. The van der Waals surface area contributed by atoms with Gasteiger partial charge in [0.2, 0.25) is 0 Å². The number of hydrogen-bond donors (Lipinski definition) is 2. The number of anilines is 3. The van der Waals surface area contributed by atoms with Crippen molar-refractivity contribution in [2.45, 2.75) is 33.6 Å². The van der Waals surface area contributed by atoms with Crippen molar-refractivity contribution >= 4 is 28.9 Å². The van der Waals surface area contributed by atoms with Crippen LogP contribution in [0.15, 0.2) is 54.6 Å². The van der Waals surface area contributed by atoms with Gasteiger partial charge in [-0.1, -0.05) is 44.2 Å². The van der Waals surface area contributed by atoms with Crippen molar-refractivity contribution in [2.24, 2.45) is 0 Å². The van der Waals surface area contributed by atoms with Crippen molar-refractivity contribution in [1.29, 1.82) is 0 Å². The molecule has 0 aliphatic heterocycles. The highest BCUT2D eigenvalue weighted by molar-refractivity contribution is 6.03. The lowest BCUT2D eigenvalue weighted by Gasteiger charge is -2.16. The van der Waals surface area contributed by atoms with Crippen molar-refractivity contribution in [3.8, 4) is 0 Å². The van der Waals surface area contributed by atoms with Crippen LogP contribution in [0.3, 0.4) is 0 Å². The highest BCUT2D eigenvalue weighted by Gasteiger charge is 2.12. The molecule has 0 saturated heterocycles. The Kier molecular flexibility index (Phi) is 6.02. The van der Waals surface area contributed by atoms with Crippen LogP contribution in [-0.4, -0.2) is 21.9 Å². The molecule has 0 spiro atoms. The van der Waals surface area contributed by atoms with E-state index in [-0.39, 0.29) is 17.4 Å². The molecule has 29 heavy (non-hydrogen) atoms. The summed E-state index contributed by atoms with van der Waals surface area (Å²) in [5.74, 6) is 0.481. The second-order valence-corrected chi connectivity index (χ2v) is 7.21. The van der Waals surface area contributed by atoms with Crippen molar-refractivity contribution in [3.63, 3.8) is 0 Å². The fraction of sp³-hybridized carbons (Fsp3) is 0.217. The molecule has 0 saturated carbocycles. The molecular formula is C23H24N4O2. The lowest BCUT2D eigenvalue weighted by molar-refractivity contribution is 0.100. The van der Waals surface area contributed by atoms with E-state index in [0.29, 0.717) is 23.0 Å². The topological polar surface area (TPSA) is 84.0 Å². The number of carbonyl (C=O) groups excluding carboxylic acids is 2. The number of rotatable bonds is 6. The second kappa shape index (κ2) is 8.65. The summed E-state index contributed by atoms with van der Waals surface area (Å²) in [6.45, 7) is 7.80. The average Bonchev–Trinajstić information content (AvgIpc) is 2.70. The summed E-state index contributed by atoms with van der Waals surface area (Å²) in [6, 6.07) is 16.3. The van der Waals surface area contributed by atoms with E-state index in [4.69, 9.17) is 0 Å². The molecule has 1 heterocycles. The van der Waals surface area contributed by atoms with Crippen LogP contribution >= 0.6 is 0 Å². The molecule has 0 radical (unpaired) electrons. The molecule has 0 aliphatic carbocycles. The van der Waals surface area contributed by atoms with Crippen molar-refractivity contribution in [1.82, 2.24) is 10.2 Å². The Hall–Kier alpha value is -3.54. The first-order chi connectivity index (χ1) is 13.8. The summed E-state index contributed by atoms with van der Waals surface area (Å²) in [4.78, 5) is 23.9. The van der Waals surface area contributed by atoms with E-state index in [0.717, 1.165) is 11.3 Å². The van der Waals surface area contributed by atoms with Gasteiger partial charge in [0.25, 0.3) is 5.91 Å². The zero-order chi connectivity index (χ0) is 21.0. The van der Waals surface area contributed by atoms with Gasteiger partial charge in [-0.15, -0.1) is 10.2 Å². The van der Waals surface area contributed by atoms with Gasteiger partial charge in [-0.2, -0.15) is 0 Å². The molecule has 0 bridgehead atoms. The van der Waals surface area contributed by atoms with Crippen LogP contribution in [0.4, 0.5) is 17.2 Å². The molecule has 2 N–H and O–H groups in total. The Labute approximate surface area is 170 Å². The maximum Gasteiger partial charge on any atom is 0.276 e. The number of para-hydroxylation sites is 1. The number of aryl methyl sites for hydroxylation is 1. The van der Waals surface area contributed by atoms with Crippen LogP contribution in [0.25, 0.3) is 0 Å². The van der Waals surface area contributed by atoms with Gasteiger partial charge < -0.3 is 10.6 Å². The fourth-order valence-electron chi connectivity index (χ4n) is 3.00. The number of ketones is 1. The van der Waals surface area contributed by atoms with Crippen molar-refractivity contribution < 1.29 is 9.59 Å². The van der Waals surface area contributed by atoms with E-state index < -0.39 is 0 Å². The Morgan fingerprint density at radius 3 is 2.38 bits per heavy atom. The predicted octanol–water partition coefficient (Wildman–Crippen LogP) is 5.11. The third kappa shape index (κ3) is 4.85. The summed E-state index contributed by atoms with van der Waals surface area (Å²) >= 11 is 0. The van der Waals surface area contributed by atoms with Gasteiger partial charge in [0.1, 0.15) is 0 Å². The zero-order valence-corrected chi connectivity index (χ0v) is 17.0. The van der Waals surface area contributed by atoms with Gasteiger partial charge in [0, 0.05) is 16.9 Å². The molecule has 6 heteroatoms. The van der Waals surface area contributed by atoms with Gasteiger partial charge in [-0.25, -0.2) is 0 Å². The highest BCUT2D eigenvalue weighted by Crippen LogP contribution is 2.29. The largest absolute Gasteiger partial charge is 0.338 e. The lowest BCUT2D eigenvalue weighted by Crippen LogP contribution is -2.15. The van der Waals surface area contributed by atoms with Gasteiger partial charge in [0.05, 0.1) is 0 Å². The van der Waals surface area contributed by atoms with Gasteiger partial charge in [-0.05, 0) is 55.2 Å². The fourth-order valence-corrected chi connectivity index (χ4v) is 3.00. The first-order valence-electron chi connectivity index (χ1n) is 9.47. The Bertz CT molecular complexity index is 1040. The molecule has 0 atom stereocenters. The molecule has 0 fully saturated rings. The summed E-state index contributed by atoms with van der Waals surface area (Å²) < 4.78 is 0. The molecule has 1 amide bonds. The van der Waals surface area contributed by atoms with Crippen LogP contribution < -0.4 is 10.6 Å². The molecule has 6 nitrogen and oxygen atoms in total. The summed E-state index contributed by atoms with van der Waals surface area (Å²) in [5.41, 5.74) is 4.58. The van der Waals surface area contributed by atoms with E-state index in [1.165, 1.54) is 12.5 Å². The number of nitrogens with one attached hydrogen (secondary N) is 2. The standard InChI is InChI=1S/C23H24N4O2/c1-14(2)19-10-5-7-15(3)22(19)25-21-12-11-20(26-27-21)23(29)24-18-9-6-8-17(13-18)16(4)28/h5-14H,1-4H3,(H,24,29)(H,25,27). The maximum atomic E-state index is 12.4. The van der Waals surface area contributed by atoms with Gasteiger partial charge in [-0.3, -0.25) is 9.59 Å². The van der Waals surface area contributed by atoms with E-state index in [1.54, 1.807) is 36.4 Å². The smallest absolute Gasteiger partial charge is 0.276 e. The molecule has 0 unspecified atom stereocenters. The summed E-state index contributed by atoms with van der Waals surface area (Å²) in [6.07, 6.45) is 0. The molecule has 148 valence electrons. The first-order valence-corrected chi connectivity index (χ1v) is 9.47. The number of aromatic nitrogens is 2. The van der Waals surface area contributed by atoms with E-state index in [1.807, 2.05) is 19.1 Å². The number of hydrogen-bond acceptors (Lipinski definition) is 5. The number of Topliss-reactive ketones (excluding diaryl/α,β-unsaturated/α-hetero) is 1. The average molecular weight is 388 g/mol. The molecule has 3 aromatic rings. The Morgan fingerprint density at radius 1 is 0.966 bits per heavy atom. The van der Waals surface area contributed by atoms with Crippen LogP contribution in [-0.2, 0) is 0 Å². The number of amides is 1. The van der Waals surface area contributed by atoms with Crippen molar-refractivity contribution in [3.05, 3.63) is 77.0 Å². The van der Waals surface area contributed by atoms with E-state index in [2.05, 4.69) is 40.7 Å². The van der Waals surface area contributed by atoms with Crippen LogP contribution in [0.2, 0.25) is 0 Å².